The fraction of sp³-hybridized carbons (Fsp3) is 0.952. The van der Waals surface area contributed by atoms with Gasteiger partial charge in [0.25, 0.3) is 0 Å². The maximum absolute atomic E-state index is 13.1. The van der Waals surface area contributed by atoms with Gasteiger partial charge in [0, 0.05) is 6.42 Å². The van der Waals surface area contributed by atoms with Crippen molar-refractivity contribution in [2.75, 3.05) is 13.2 Å². The SMILES string of the molecule is CCCCCCCCCC/C=C\CCCCCCCCCCCC(=O)NC(COC1OC(CO)C(O)C(O)C1O)C(O)CCCCCCCCCCCCCCCCCCCCCCCCCCCCCC. The van der Waals surface area contributed by atoms with E-state index in [4.69, 9.17) is 9.47 Å². The molecule has 7 unspecified atom stereocenters. The highest BCUT2D eigenvalue weighted by Gasteiger charge is 2.44. The lowest BCUT2D eigenvalue weighted by atomic mass is 9.99. The molecule has 428 valence electrons. The van der Waals surface area contributed by atoms with Crippen molar-refractivity contribution in [2.45, 2.75) is 371 Å². The van der Waals surface area contributed by atoms with Crippen LogP contribution in [0.2, 0.25) is 0 Å². The van der Waals surface area contributed by atoms with Crippen LogP contribution in [0.5, 0.6) is 0 Å². The van der Waals surface area contributed by atoms with Crippen molar-refractivity contribution < 1.29 is 39.8 Å². The van der Waals surface area contributed by atoms with Gasteiger partial charge in [-0.2, -0.15) is 0 Å². The smallest absolute Gasteiger partial charge is 0.220 e. The maximum Gasteiger partial charge on any atom is 0.220 e. The molecule has 1 rings (SSSR count). The molecule has 1 aliphatic heterocycles. The zero-order chi connectivity index (χ0) is 52.2. The molecule has 9 heteroatoms. The monoisotopic (exact) mass is 1020 g/mol. The summed E-state index contributed by atoms with van der Waals surface area (Å²) < 4.78 is 11.3. The second-order valence-electron chi connectivity index (χ2n) is 22.6. The molecule has 0 aliphatic carbocycles. The molecule has 72 heavy (non-hydrogen) atoms. The van der Waals surface area contributed by atoms with Crippen LogP contribution in [0.1, 0.15) is 328 Å². The molecular weight excluding hydrogens is 899 g/mol. The molecule has 0 aromatic carbocycles. The van der Waals surface area contributed by atoms with Gasteiger partial charge in [-0.3, -0.25) is 4.79 Å². The van der Waals surface area contributed by atoms with Gasteiger partial charge in [-0.25, -0.2) is 0 Å². The molecule has 0 aromatic rings. The van der Waals surface area contributed by atoms with Gasteiger partial charge in [-0.1, -0.05) is 296 Å². The first-order valence-corrected chi connectivity index (χ1v) is 31.9. The van der Waals surface area contributed by atoms with Gasteiger partial charge < -0.3 is 40.3 Å². The molecule has 6 N–H and O–H groups in total. The third-order valence-corrected chi connectivity index (χ3v) is 15.6. The summed E-state index contributed by atoms with van der Waals surface area (Å²) in [4.78, 5) is 13.1. The average molecular weight is 1020 g/mol. The fourth-order valence-corrected chi connectivity index (χ4v) is 10.6. The topological polar surface area (TPSA) is 149 Å². The Kier molecular flexibility index (Phi) is 51.1. The minimum Gasteiger partial charge on any atom is -0.394 e. The lowest BCUT2D eigenvalue weighted by molar-refractivity contribution is -0.302. The summed E-state index contributed by atoms with van der Waals surface area (Å²) in [7, 11) is 0. The van der Waals surface area contributed by atoms with Crippen LogP contribution in [-0.2, 0) is 14.3 Å². The third kappa shape index (κ3) is 42.1. The predicted octanol–water partition coefficient (Wildman–Crippen LogP) is 16.4. The van der Waals surface area contributed by atoms with Crippen molar-refractivity contribution in [3.05, 3.63) is 12.2 Å². The number of ether oxygens (including phenoxy) is 2. The number of carbonyl (C=O) groups is 1. The van der Waals surface area contributed by atoms with Gasteiger partial charge in [0.05, 0.1) is 25.4 Å². The molecule has 9 nitrogen and oxygen atoms in total. The van der Waals surface area contributed by atoms with Gasteiger partial charge in [-0.15, -0.1) is 0 Å². The van der Waals surface area contributed by atoms with Crippen LogP contribution >= 0.6 is 0 Å². The van der Waals surface area contributed by atoms with E-state index >= 15 is 0 Å². The average Bonchev–Trinajstić information content (AvgIpc) is 3.38. The van der Waals surface area contributed by atoms with Gasteiger partial charge in [-0.05, 0) is 38.5 Å². The number of hydrogen-bond acceptors (Lipinski definition) is 8. The standard InChI is InChI=1S/C63H123NO8/c1-3-5-7-9-11-13-15-17-19-21-23-25-26-27-28-29-30-31-33-34-36-38-40-42-44-46-48-50-52-57(66)56(55-71-63-62(70)61(69)60(68)58(54-65)72-63)64-59(67)53-51-49-47-45-43-41-39-37-35-32-24-22-20-18-16-14-12-10-8-6-4-2/h22,24,56-58,60-63,65-66,68-70H,3-21,23,25-55H2,1-2H3,(H,64,67)/b24-22-. The van der Waals surface area contributed by atoms with Gasteiger partial charge in [0.1, 0.15) is 24.4 Å². The highest BCUT2D eigenvalue weighted by molar-refractivity contribution is 5.76. The number of hydrogen-bond donors (Lipinski definition) is 6. The number of amides is 1. The summed E-state index contributed by atoms with van der Waals surface area (Å²) in [6.07, 6.45) is 59.7. The molecule has 1 amide bonds. The molecule has 0 bridgehead atoms. The largest absolute Gasteiger partial charge is 0.394 e. The molecule has 0 radical (unpaired) electrons. The van der Waals surface area contributed by atoms with Crippen LogP contribution in [0.25, 0.3) is 0 Å². The fourth-order valence-electron chi connectivity index (χ4n) is 10.6. The number of unbranched alkanes of at least 4 members (excludes halogenated alkanes) is 44. The number of allylic oxidation sites excluding steroid dienone is 2. The van der Waals surface area contributed by atoms with Crippen LogP contribution in [0.3, 0.4) is 0 Å². The van der Waals surface area contributed by atoms with Crippen molar-refractivity contribution in [3.8, 4) is 0 Å². The molecule has 1 aliphatic rings. The van der Waals surface area contributed by atoms with E-state index in [1.165, 1.54) is 263 Å². The van der Waals surface area contributed by atoms with Gasteiger partial charge in [0.2, 0.25) is 5.91 Å². The molecule has 0 aromatic heterocycles. The van der Waals surface area contributed by atoms with Gasteiger partial charge in [0.15, 0.2) is 6.29 Å². The summed E-state index contributed by atoms with van der Waals surface area (Å²) in [5.74, 6) is -0.140. The highest BCUT2D eigenvalue weighted by atomic mass is 16.7. The van der Waals surface area contributed by atoms with E-state index in [1.807, 2.05) is 0 Å². The number of aliphatic hydroxyl groups excluding tert-OH is 5. The number of rotatable bonds is 56. The Morgan fingerprint density at radius 1 is 0.458 bits per heavy atom. The normalized spacial score (nSPS) is 19.1. The van der Waals surface area contributed by atoms with Crippen molar-refractivity contribution >= 4 is 5.91 Å². The van der Waals surface area contributed by atoms with Crippen LogP contribution in [0.15, 0.2) is 12.2 Å². The molecule has 1 saturated heterocycles. The highest BCUT2D eigenvalue weighted by Crippen LogP contribution is 2.24. The first-order chi connectivity index (χ1) is 35.3. The summed E-state index contributed by atoms with van der Waals surface area (Å²) >= 11 is 0. The van der Waals surface area contributed by atoms with E-state index in [0.29, 0.717) is 12.8 Å². The number of aliphatic hydroxyl groups is 5. The zero-order valence-electron chi connectivity index (χ0n) is 47.7. The molecule has 1 heterocycles. The quantitative estimate of drug-likeness (QED) is 0.0261. The minimum atomic E-state index is -1.55. The Balaban J connectivity index is 2.14. The predicted molar refractivity (Wildman–Crippen MR) is 304 cm³/mol. The lowest BCUT2D eigenvalue weighted by Gasteiger charge is -2.40. The summed E-state index contributed by atoms with van der Waals surface area (Å²) in [6, 6.07) is -0.718. The molecule has 7 atom stereocenters. The maximum atomic E-state index is 13.1. The van der Waals surface area contributed by atoms with Crippen LogP contribution in [-0.4, -0.2) is 87.5 Å². The minimum absolute atomic E-state index is 0.134. The first kappa shape index (κ1) is 68.9. The van der Waals surface area contributed by atoms with Crippen LogP contribution in [0.4, 0.5) is 0 Å². The molecule has 0 saturated carbocycles. The van der Waals surface area contributed by atoms with Crippen molar-refractivity contribution in [1.82, 2.24) is 5.32 Å². The van der Waals surface area contributed by atoms with E-state index in [-0.39, 0.29) is 12.5 Å². The van der Waals surface area contributed by atoms with E-state index in [9.17, 15) is 30.3 Å². The molecule has 1 fully saturated rings. The first-order valence-electron chi connectivity index (χ1n) is 31.9. The Morgan fingerprint density at radius 3 is 1.12 bits per heavy atom. The number of nitrogens with one attached hydrogen (secondary N) is 1. The second kappa shape index (κ2) is 53.3. The molecular formula is C63H123NO8. The van der Waals surface area contributed by atoms with Crippen molar-refractivity contribution in [3.63, 3.8) is 0 Å². The summed E-state index contributed by atoms with van der Waals surface area (Å²) in [5, 5.41) is 54.8. The van der Waals surface area contributed by atoms with Crippen molar-refractivity contribution in [1.29, 1.82) is 0 Å². The van der Waals surface area contributed by atoms with Crippen LogP contribution in [0, 0.1) is 0 Å². The van der Waals surface area contributed by atoms with Crippen molar-refractivity contribution in [2.24, 2.45) is 0 Å². The summed E-state index contributed by atoms with van der Waals surface area (Å²) in [6.45, 7) is 3.89. The third-order valence-electron chi connectivity index (χ3n) is 15.6. The number of carbonyl (C=O) groups excluding carboxylic acids is 1. The Labute approximate surface area is 446 Å². The van der Waals surface area contributed by atoms with E-state index in [0.717, 1.165) is 38.5 Å². The Morgan fingerprint density at radius 2 is 0.778 bits per heavy atom. The zero-order valence-corrected chi connectivity index (χ0v) is 47.7. The second-order valence-corrected chi connectivity index (χ2v) is 22.6. The van der Waals surface area contributed by atoms with Gasteiger partial charge >= 0.3 is 0 Å². The lowest BCUT2D eigenvalue weighted by Crippen LogP contribution is -2.60. The summed E-state index contributed by atoms with van der Waals surface area (Å²) in [5.41, 5.74) is 0. The van der Waals surface area contributed by atoms with Crippen LogP contribution < -0.4 is 5.32 Å². The molecule has 0 spiro atoms. The van der Waals surface area contributed by atoms with E-state index in [1.54, 1.807) is 0 Å². The Hall–Kier alpha value is -1.07. The Bertz CT molecular complexity index is 1140. The van der Waals surface area contributed by atoms with E-state index in [2.05, 4.69) is 31.3 Å². The van der Waals surface area contributed by atoms with E-state index < -0.39 is 49.5 Å².